The van der Waals surface area contributed by atoms with Crippen molar-refractivity contribution in [2.45, 2.75) is 53.4 Å². The van der Waals surface area contributed by atoms with Gasteiger partial charge in [-0.05, 0) is 49.9 Å². The predicted octanol–water partition coefficient (Wildman–Crippen LogP) is 5.78. The molecule has 0 aliphatic carbocycles. The molecule has 1 aliphatic rings. The molecule has 0 fully saturated rings. The molecule has 0 atom stereocenters. The standard InChI is InChI=1S/C34H40N8O10/c1-7-11-41(12-8-2)29-35-31-39-32(36-29)50-22-16-20(28(46)48-6)18-24(26(22)44)52-34-38-30(42(13-9-3)14-10-4)37-33(40-34)51-23-17-19(27(45)47-5)15-21(49-31)25(23)43/h15-18,43-44H,7-14H2,1-6H3. The number of ether oxygens (including phenoxy) is 6. The molecule has 2 N–H and O–H groups in total. The van der Waals surface area contributed by atoms with Gasteiger partial charge in [0.05, 0.1) is 25.3 Å². The summed E-state index contributed by atoms with van der Waals surface area (Å²) < 4.78 is 33.8. The lowest BCUT2D eigenvalue weighted by Gasteiger charge is -2.23. The van der Waals surface area contributed by atoms with E-state index < -0.39 is 23.4 Å². The number of phenols is 2. The lowest BCUT2D eigenvalue weighted by Crippen LogP contribution is -2.27. The van der Waals surface area contributed by atoms with E-state index in [0.29, 0.717) is 26.2 Å². The van der Waals surface area contributed by atoms with Gasteiger partial charge in [-0.1, -0.05) is 27.7 Å². The monoisotopic (exact) mass is 720 g/mol. The second kappa shape index (κ2) is 16.7. The number of hydrogen-bond donors (Lipinski definition) is 2. The summed E-state index contributed by atoms with van der Waals surface area (Å²) in [6.45, 7) is 10.2. The van der Waals surface area contributed by atoms with E-state index in [1.165, 1.54) is 38.5 Å². The van der Waals surface area contributed by atoms with Gasteiger partial charge in [0.15, 0.2) is 23.0 Å². The van der Waals surface area contributed by atoms with Crippen molar-refractivity contribution in [1.29, 1.82) is 0 Å². The molecule has 8 bridgehead atoms. The fourth-order valence-corrected chi connectivity index (χ4v) is 5.17. The third-order valence-corrected chi connectivity index (χ3v) is 7.43. The van der Waals surface area contributed by atoms with Gasteiger partial charge in [-0.3, -0.25) is 0 Å². The van der Waals surface area contributed by atoms with Gasteiger partial charge >= 0.3 is 36.0 Å². The summed E-state index contributed by atoms with van der Waals surface area (Å²) in [6.07, 6.45) is 2.98. The van der Waals surface area contributed by atoms with Gasteiger partial charge in [0, 0.05) is 26.2 Å². The second-order valence-electron chi connectivity index (χ2n) is 11.4. The fourth-order valence-electron chi connectivity index (χ4n) is 5.17. The summed E-state index contributed by atoms with van der Waals surface area (Å²) in [4.78, 5) is 55.7. The highest BCUT2D eigenvalue weighted by Crippen LogP contribution is 2.44. The van der Waals surface area contributed by atoms with Crippen molar-refractivity contribution in [1.82, 2.24) is 29.9 Å². The number of hydrogen-bond acceptors (Lipinski definition) is 18. The molecule has 0 amide bonds. The Bertz CT molecular complexity index is 1690. The molecule has 18 heteroatoms. The first-order valence-corrected chi connectivity index (χ1v) is 16.7. The highest BCUT2D eigenvalue weighted by molar-refractivity contribution is 5.91. The molecule has 5 rings (SSSR count). The normalized spacial score (nSPS) is 11.7. The summed E-state index contributed by atoms with van der Waals surface area (Å²) in [5.41, 5.74) is -0.120. The molecule has 0 radical (unpaired) electrons. The van der Waals surface area contributed by atoms with Crippen molar-refractivity contribution >= 4 is 23.8 Å². The van der Waals surface area contributed by atoms with Gasteiger partial charge < -0.3 is 48.4 Å². The molecule has 0 saturated heterocycles. The number of esters is 2. The maximum atomic E-state index is 12.8. The Hall–Kier alpha value is -6.20. The van der Waals surface area contributed by atoms with Crippen LogP contribution in [0.3, 0.4) is 0 Å². The van der Waals surface area contributed by atoms with E-state index in [0.717, 1.165) is 25.7 Å². The van der Waals surface area contributed by atoms with E-state index in [9.17, 15) is 19.8 Å². The van der Waals surface area contributed by atoms with Gasteiger partial charge in [0.2, 0.25) is 23.4 Å². The number of phenolic OH excluding ortho intramolecular Hbond substituents is 2. The topological polar surface area (TPSA) is 214 Å². The Morgan fingerprint density at radius 1 is 0.538 bits per heavy atom. The Kier molecular flexibility index (Phi) is 11.9. The van der Waals surface area contributed by atoms with Gasteiger partial charge in [-0.15, -0.1) is 9.97 Å². The maximum absolute atomic E-state index is 12.8. The molecular weight excluding hydrogens is 680 g/mol. The second-order valence-corrected chi connectivity index (χ2v) is 11.4. The minimum atomic E-state index is -0.769. The maximum Gasteiger partial charge on any atom is 0.338 e. The minimum Gasteiger partial charge on any atom is -0.502 e. The van der Waals surface area contributed by atoms with Gasteiger partial charge in [0.1, 0.15) is 0 Å². The van der Waals surface area contributed by atoms with E-state index in [2.05, 4.69) is 29.9 Å². The van der Waals surface area contributed by atoms with Crippen LogP contribution in [0.2, 0.25) is 0 Å². The van der Waals surface area contributed by atoms with Crippen molar-refractivity contribution < 1.29 is 48.2 Å². The summed E-state index contributed by atoms with van der Waals surface area (Å²) in [5.74, 6) is -3.55. The fraction of sp³-hybridized carbons (Fsp3) is 0.412. The largest absolute Gasteiger partial charge is 0.502 e. The van der Waals surface area contributed by atoms with Gasteiger partial charge in [-0.2, -0.15) is 19.9 Å². The smallest absolute Gasteiger partial charge is 0.338 e. The zero-order valence-corrected chi connectivity index (χ0v) is 29.7. The lowest BCUT2D eigenvalue weighted by molar-refractivity contribution is 0.0591. The molecule has 4 aromatic rings. The van der Waals surface area contributed by atoms with Crippen LogP contribution in [-0.2, 0) is 9.47 Å². The highest BCUT2D eigenvalue weighted by Gasteiger charge is 2.26. The van der Waals surface area contributed by atoms with Crippen molar-refractivity contribution in [2.75, 3.05) is 50.2 Å². The zero-order valence-electron chi connectivity index (χ0n) is 29.7. The number of anilines is 2. The van der Waals surface area contributed by atoms with E-state index in [4.69, 9.17) is 28.4 Å². The lowest BCUT2D eigenvalue weighted by atomic mass is 10.2. The van der Waals surface area contributed by atoms with Crippen LogP contribution >= 0.6 is 0 Å². The minimum absolute atomic E-state index is 0.0599. The number of benzene rings is 2. The number of carbonyl (C=O) groups excluding carboxylic acids is 2. The summed E-state index contributed by atoms with van der Waals surface area (Å²) in [7, 11) is 2.39. The van der Waals surface area contributed by atoms with E-state index >= 15 is 0 Å². The molecule has 0 spiro atoms. The molecule has 2 aromatic carbocycles. The van der Waals surface area contributed by atoms with Gasteiger partial charge in [0.25, 0.3) is 0 Å². The summed E-state index contributed by atoms with van der Waals surface area (Å²) >= 11 is 0. The Labute approximate surface area is 299 Å². The van der Waals surface area contributed by atoms with Crippen LogP contribution in [-0.4, -0.2) is 92.5 Å². The number of nitrogens with zero attached hydrogens (tertiary/aromatic N) is 8. The first-order chi connectivity index (χ1) is 25.1. The molecule has 0 unspecified atom stereocenters. The SMILES string of the molecule is CCCN(CCC)c1nc2nc(n1)Oc1cc(C(=O)OC)cc(c1O)Oc1nc(nc(N(CCC)CCC)n1)Oc1cc(C(=O)OC)cc(c1O)O2. The number of fused-ring (bicyclic) bond motifs is 8. The highest BCUT2D eigenvalue weighted by atomic mass is 16.5. The van der Waals surface area contributed by atoms with Gasteiger partial charge in [-0.25, -0.2) is 9.59 Å². The molecule has 2 aromatic heterocycles. The molecule has 0 saturated carbocycles. The first-order valence-electron chi connectivity index (χ1n) is 16.7. The summed E-state index contributed by atoms with van der Waals surface area (Å²) in [5, 5.41) is 22.9. The molecule has 3 heterocycles. The molecule has 18 nitrogen and oxygen atoms in total. The number of aromatic nitrogens is 6. The zero-order chi connectivity index (χ0) is 37.4. The van der Waals surface area contributed by atoms with Crippen LogP contribution in [0.1, 0.15) is 74.1 Å². The van der Waals surface area contributed by atoms with Crippen molar-refractivity contribution in [3.05, 3.63) is 35.4 Å². The van der Waals surface area contributed by atoms with Crippen molar-refractivity contribution in [3.63, 3.8) is 0 Å². The number of rotatable bonds is 12. The predicted molar refractivity (Wildman–Crippen MR) is 184 cm³/mol. The Morgan fingerprint density at radius 3 is 1.04 bits per heavy atom. The van der Waals surface area contributed by atoms with Crippen LogP contribution < -0.4 is 28.7 Å². The van der Waals surface area contributed by atoms with Crippen LogP contribution in [0.5, 0.6) is 58.5 Å². The van der Waals surface area contributed by atoms with Crippen LogP contribution in [0.4, 0.5) is 11.9 Å². The third kappa shape index (κ3) is 8.39. The van der Waals surface area contributed by atoms with Crippen LogP contribution in [0, 0.1) is 0 Å². The van der Waals surface area contributed by atoms with Crippen molar-refractivity contribution in [3.8, 4) is 58.5 Å². The van der Waals surface area contributed by atoms with Crippen LogP contribution in [0.25, 0.3) is 0 Å². The van der Waals surface area contributed by atoms with Crippen LogP contribution in [0.15, 0.2) is 24.3 Å². The van der Waals surface area contributed by atoms with E-state index in [1.807, 2.05) is 37.5 Å². The third-order valence-electron chi connectivity index (χ3n) is 7.43. The Balaban J connectivity index is 1.79. The van der Waals surface area contributed by atoms with E-state index in [1.54, 1.807) is 0 Å². The molecule has 1 aliphatic heterocycles. The number of carbonyl (C=O) groups is 2. The quantitative estimate of drug-likeness (QED) is 0.146. The number of methoxy groups -OCH3 is 2. The molecular formula is C34H40N8O10. The average molecular weight is 721 g/mol. The average Bonchev–Trinajstić information content (AvgIpc) is 3.13. The Morgan fingerprint density at radius 2 is 0.808 bits per heavy atom. The first kappa shape index (κ1) is 37.1. The summed E-state index contributed by atoms with van der Waals surface area (Å²) in [6, 6.07) is 3.44. The number of aromatic hydroxyl groups is 2. The molecule has 276 valence electrons. The van der Waals surface area contributed by atoms with Crippen molar-refractivity contribution in [2.24, 2.45) is 0 Å². The molecule has 52 heavy (non-hydrogen) atoms. The van der Waals surface area contributed by atoms with E-state index in [-0.39, 0.29) is 70.1 Å².